The van der Waals surface area contributed by atoms with Crippen LogP contribution in [-0.4, -0.2) is 12.5 Å². The second kappa shape index (κ2) is 4.09. The van der Waals surface area contributed by atoms with Crippen molar-refractivity contribution >= 4 is 15.6 Å². The first kappa shape index (κ1) is 12.0. The van der Waals surface area contributed by atoms with Crippen LogP contribution in [-0.2, 0) is 0 Å². The molecule has 17 heavy (non-hydrogen) atoms. The van der Waals surface area contributed by atoms with Crippen LogP contribution < -0.4 is 0 Å². The number of hydrogen-bond acceptors (Lipinski definition) is 1. The van der Waals surface area contributed by atoms with Crippen LogP contribution in [0, 0.1) is 11.3 Å². The van der Waals surface area contributed by atoms with Crippen molar-refractivity contribution in [2.45, 2.75) is 18.2 Å². The molecule has 0 spiro atoms. The van der Waals surface area contributed by atoms with E-state index in [0.717, 1.165) is 17.5 Å². The van der Waals surface area contributed by atoms with Crippen molar-refractivity contribution in [1.82, 2.24) is 0 Å². The van der Waals surface area contributed by atoms with E-state index in [1.807, 2.05) is 18.2 Å². The third-order valence-electron chi connectivity index (χ3n) is 3.41. The quantitative estimate of drug-likeness (QED) is 0.759. The SMILES string of the molecule is C=CC1=C(CC)S(C)(C)c2cccc(C#N)c21. The number of hydrogen-bond donors (Lipinski definition) is 0. The van der Waals surface area contributed by atoms with Gasteiger partial charge < -0.3 is 0 Å². The Morgan fingerprint density at radius 1 is 1.41 bits per heavy atom. The minimum Gasteiger partial charge on any atom is -0.196 e. The highest BCUT2D eigenvalue weighted by Crippen LogP contribution is 2.66. The zero-order valence-corrected chi connectivity index (χ0v) is 11.4. The van der Waals surface area contributed by atoms with Crippen molar-refractivity contribution in [2.75, 3.05) is 12.5 Å². The summed E-state index contributed by atoms with van der Waals surface area (Å²) in [4.78, 5) is 2.80. The van der Waals surface area contributed by atoms with Crippen LogP contribution in [0.1, 0.15) is 24.5 Å². The van der Waals surface area contributed by atoms with Gasteiger partial charge in [0, 0.05) is 10.5 Å². The van der Waals surface area contributed by atoms with Crippen molar-refractivity contribution in [1.29, 1.82) is 5.26 Å². The Kier molecular flexibility index (Phi) is 2.89. The van der Waals surface area contributed by atoms with E-state index >= 15 is 0 Å². The molecule has 2 heteroatoms. The lowest BCUT2D eigenvalue weighted by Crippen LogP contribution is -1.95. The molecule has 0 bridgehead atoms. The molecule has 0 N–H and O–H groups in total. The van der Waals surface area contributed by atoms with Gasteiger partial charge in [0.25, 0.3) is 0 Å². The zero-order chi connectivity index (χ0) is 12.6. The average Bonchev–Trinajstić information content (AvgIpc) is 2.56. The molecule has 0 atom stereocenters. The first-order valence-electron chi connectivity index (χ1n) is 5.70. The molecule has 0 aliphatic carbocycles. The van der Waals surface area contributed by atoms with E-state index < -0.39 is 10.0 Å². The molecular formula is C15H17NS. The average molecular weight is 243 g/mol. The maximum absolute atomic E-state index is 9.25. The first-order chi connectivity index (χ1) is 8.07. The zero-order valence-electron chi connectivity index (χ0n) is 10.6. The van der Waals surface area contributed by atoms with Gasteiger partial charge in [-0.15, -0.1) is 0 Å². The highest BCUT2D eigenvalue weighted by Gasteiger charge is 2.33. The second-order valence-corrected chi connectivity index (χ2v) is 8.10. The molecule has 0 unspecified atom stereocenters. The van der Waals surface area contributed by atoms with Gasteiger partial charge in [-0.1, -0.05) is 25.6 Å². The van der Waals surface area contributed by atoms with Crippen molar-refractivity contribution in [3.63, 3.8) is 0 Å². The summed E-state index contributed by atoms with van der Waals surface area (Å²) in [6.07, 6.45) is 7.56. The van der Waals surface area contributed by atoms with Crippen LogP contribution in [0.3, 0.4) is 0 Å². The van der Waals surface area contributed by atoms with E-state index in [1.54, 1.807) is 0 Å². The standard InChI is InChI=1S/C15H17NS/c1-5-12-13(6-2)17(3,4)14-9-7-8-11(10-16)15(12)14/h5,7-9H,1,6H2,2-4H3. The maximum Gasteiger partial charge on any atom is 0.0998 e. The minimum atomic E-state index is -0.933. The molecule has 0 radical (unpaired) electrons. The Morgan fingerprint density at radius 2 is 2.12 bits per heavy atom. The molecule has 0 fully saturated rings. The lowest BCUT2D eigenvalue weighted by Gasteiger charge is -2.30. The molecule has 0 aromatic heterocycles. The van der Waals surface area contributed by atoms with Crippen LogP contribution in [0.2, 0.25) is 0 Å². The number of nitrogens with zero attached hydrogens (tertiary/aromatic N) is 1. The molecule has 0 amide bonds. The van der Waals surface area contributed by atoms with Gasteiger partial charge in [0.2, 0.25) is 0 Å². The molecular weight excluding hydrogens is 226 g/mol. The number of fused-ring (bicyclic) bond motifs is 1. The summed E-state index contributed by atoms with van der Waals surface area (Å²) in [5, 5.41) is 9.25. The highest BCUT2D eigenvalue weighted by atomic mass is 32.3. The van der Waals surface area contributed by atoms with Gasteiger partial charge in [0.1, 0.15) is 0 Å². The Labute approximate surface area is 105 Å². The number of nitriles is 1. The fourth-order valence-corrected chi connectivity index (χ4v) is 5.51. The molecule has 1 nitrogen and oxygen atoms in total. The summed E-state index contributed by atoms with van der Waals surface area (Å²) < 4.78 is 0. The molecule has 0 saturated heterocycles. The molecule has 1 aliphatic rings. The van der Waals surface area contributed by atoms with Gasteiger partial charge in [-0.25, -0.2) is 0 Å². The van der Waals surface area contributed by atoms with Crippen molar-refractivity contribution in [3.8, 4) is 6.07 Å². The van der Waals surface area contributed by atoms with Gasteiger partial charge in [0.15, 0.2) is 0 Å². The van der Waals surface area contributed by atoms with E-state index in [1.165, 1.54) is 15.4 Å². The largest absolute Gasteiger partial charge is 0.196 e. The van der Waals surface area contributed by atoms with E-state index in [0.29, 0.717) is 0 Å². The molecule has 2 rings (SSSR count). The summed E-state index contributed by atoms with van der Waals surface area (Å²) in [7, 11) is -0.933. The first-order valence-corrected chi connectivity index (χ1v) is 8.15. The van der Waals surface area contributed by atoms with E-state index in [9.17, 15) is 5.26 Å². The Bertz CT molecular complexity index is 559. The van der Waals surface area contributed by atoms with Gasteiger partial charge >= 0.3 is 0 Å². The molecule has 1 aliphatic heterocycles. The summed E-state index contributed by atoms with van der Waals surface area (Å²) in [5.74, 6) is 0. The van der Waals surface area contributed by atoms with Crippen molar-refractivity contribution in [2.24, 2.45) is 0 Å². The molecule has 0 saturated carbocycles. The predicted molar refractivity (Wildman–Crippen MR) is 76.3 cm³/mol. The lowest BCUT2D eigenvalue weighted by molar-refractivity contribution is 1.20. The number of allylic oxidation sites excluding steroid dienone is 3. The van der Waals surface area contributed by atoms with Gasteiger partial charge in [0.05, 0.1) is 11.6 Å². The highest BCUT2D eigenvalue weighted by molar-refractivity contribution is 8.36. The third-order valence-corrected chi connectivity index (χ3v) is 6.59. The third kappa shape index (κ3) is 1.54. The van der Waals surface area contributed by atoms with E-state index in [4.69, 9.17) is 0 Å². The van der Waals surface area contributed by atoms with Crippen LogP contribution in [0.25, 0.3) is 5.57 Å². The van der Waals surface area contributed by atoms with E-state index in [-0.39, 0.29) is 0 Å². The smallest absolute Gasteiger partial charge is 0.0998 e. The summed E-state index contributed by atoms with van der Waals surface area (Å²) in [6.45, 7) is 6.11. The summed E-state index contributed by atoms with van der Waals surface area (Å²) in [6, 6.07) is 8.36. The predicted octanol–water partition coefficient (Wildman–Crippen LogP) is 4.30. The molecule has 1 aromatic carbocycles. The Hall–Kier alpha value is -1.46. The normalized spacial score (nSPS) is 18.5. The topological polar surface area (TPSA) is 23.8 Å². The fourth-order valence-electron chi connectivity index (χ4n) is 2.64. The molecule has 1 aromatic rings. The maximum atomic E-state index is 9.25. The second-order valence-electron chi connectivity index (χ2n) is 4.51. The van der Waals surface area contributed by atoms with Crippen LogP contribution in [0.5, 0.6) is 0 Å². The van der Waals surface area contributed by atoms with Crippen molar-refractivity contribution < 1.29 is 0 Å². The van der Waals surface area contributed by atoms with Crippen LogP contribution >= 0.6 is 10.0 Å². The van der Waals surface area contributed by atoms with Gasteiger partial charge in [-0.3, -0.25) is 0 Å². The lowest BCUT2D eigenvalue weighted by atomic mass is 10.00. The Balaban J connectivity index is 2.85. The van der Waals surface area contributed by atoms with Gasteiger partial charge in [-0.2, -0.15) is 15.3 Å². The summed E-state index contributed by atoms with van der Waals surface area (Å²) in [5.41, 5.74) is 3.10. The van der Waals surface area contributed by atoms with E-state index in [2.05, 4.69) is 38.1 Å². The van der Waals surface area contributed by atoms with Crippen molar-refractivity contribution in [3.05, 3.63) is 46.9 Å². The fraction of sp³-hybridized carbons (Fsp3) is 0.267. The van der Waals surface area contributed by atoms with Crippen LogP contribution in [0.4, 0.5) is 0 Å². The number of benzene rings is 1. The molecule has 1 heterocycles. The van der Waals surface area contributed by atoms with Gasteiger partial charge in [-0.05, 0) is 41.5 Å². The number of rotatable bonds is 2. The molecule has 88 valence electrons. The summed E-state index contributed by atoms with van der Waals surface area (Å²) >= 11 is 0. The minimum absolute atomic E-state index is 0.779. The monoisotopic (exact) mass is 243 g/mol. The van der Waals surface area contributed by atoms with Crippen LogP contribution in [0.15, 0.2) is 40.7 Å². The Morgan fingerprint density at radius 3 is 2.65 bits per heavy atom.